The molecule has 1 atom stereocenters. The second-order valence-electron chi connectivity index (χ2n) is 9.51. The molecule has 0 spiro atoms. The van der Waals surface area contributed by atoms with E-state index in [1.165, 1.54) is 28.4 Å². The summed E-state index contributed by atoms with van der Waals surface area (Å²) in [4.78, 5) is 42.2. The molecule has 2 heterocycles. The van der Waals surface area contributed by atoms with E-state index < -0.39 is 41.0 Å². The number of benzene rings is 1. The summed E-state index contributed by atoms with van der Waals surface area (Å²) in [5, 5.41) is 0.333. The Morgan fingerprint density at radius 1 is 0.975 bits per heavy atom. The monoisotopic (exact) mass is 585 g/mol. The molecule has 0 aliphatic heterocycles. The van der Waals surface area contributed by atoms with Crippen molar-refractivity contribution in [2.45, 2.75) is 45.1 Å². The van der Waals surface area contributed by atoms with Crippen molar-refractivity contribution in [1.82, 2.24) is 24.8 Å². The normalized spacial score (nSPS) is 14.6. The summed E-state index contributed by atoms with van der Waals surface area (Å²) in [5.41, 5.74) is -3.36. The minimum absolute atomic E-state index is 0.0104. The Morgan fingerprint density at radius 2 is 1.57 bits per heavy atom. The van der Waals surface area contributed by atoms with Crippen LogP contribution in [0.4, 0.5) is 26.3 Å². The van der Waals surface area contributed by atoms with Gasteiger partial charge in [-0.1, -0.05) is 0 Å². The molecule has 0 bridgehead atoms. The van der Waals surface area contributed by atoms with Gasteiger partial charge in [0.1, 0.15) is 15.6 Å². The molecule has 40 heavy (non-hydrogen) atoms. The van der Waals surface area contributed by atoms with E-state index in [-0.39, 0.29) is 35.8 Å². The maximum absolute atomic E-state index is 13.6. The largest absolute Gasteiger partial charge is 0.416 e. The molecule has 1 saturated carbocycles. The van der Waals surface area contributed by atoms with Gasteiger partial charge < -0.3 is 9.80 Å². The van der Waals surface area contributed by atoms with Crippen LogP contribution in [0.1, 0.15) is 69.6 Å². The number of rotatable bonds is 8. The fourth-order valence-corrected chi connectivity index (χ4v) is 4.94. The Bertz CT molecular complexity index is 1370. The van der Waals surface area contributed by atoms with Crippen molar-refractivity contribution in [3.8, 4) is 10.7 Å². The van der Waals surface area contributed by atoms with E-state index in [0.717, 1.165) is 24.2 Å². The summed E-state index contributed by atoms with van der Waals surface area (Å²) >= 11 is 1.06. The smallest absolute Gasteiger partial charge is 0.341 e. The van der Waals surface area contributed by atoms with Gasteiger partial charge in [-0.15, -0.1) is 11.3 Å². The maximum atomic E-state index is 13.6. The van der Waals surface area contributed by atoms with Crippen molar-refractivity contribution in [3.63, 3.8) is 0 Å². The number of amides is 2. The standard InChI is InChI=1S/C26H25F6N5O2S/c1-4-36(3)24(39)19-12-35-22(40-19)21-20(33-7-8-34-21)14(2)37(13-15-5-6-15)23(38)16-9-17(25(27,28)29)11-18(10-16)26(30,31)32/h7-12,14-15H,4-6,13H2,1-3H3. The Balaban J connectivity index is 1.74. The predicted molar refractivity (Wildman–Crippen MR) is 134 cm³/mol. The van der Waals surface area contributed by atoms with Gasteiger partial charge in [-0.2, -0.15) is 26.3 Å². The van der Waals surface area contributed by atoms with E-state index in [1.54, 1.807) is 14.0 Å². The number of nitrogens with zero attached hydrogens (tertiary/aromatic N) is 5. The highest BCUT2D eigenvalue weighted by Gasteiger charge is 2.39. The minimum Gasteiger partial charge on any atom is -0.341 e. The molecule has 2 aromatic heterocycles. The number of aromatic nitrogens is 3. The molecule has 0 N–H and O–H groups in total. The van der Waals surface area contributed by atoms with Crippen LogP contribution < -0.4 is 0 Å². The highest BCUT2D eigenvalue weighted by Crippen LogP contribution is 2.39. The van der Waals surface area contributed by atoms with Gasteiger partial charge >= 0.3 is 12.4 Å². The van der Waals surface area contributed by atoms with Crippen LogP contribution in [0.2, 0.25) is 0 Å². The lowest BCUT2D eigenvalue weighted by atomic mass is 10.0. The third kappa shape index (κ3) is 6.43. The van der Waals surface area contributed by atoms with Crippen LogP contribution in [-0.2, 0) is 12.4 Å². The molecule has 1 fully saturated rings. The van der Waals surface area contributed by atoms with Crippen molar-refractivity contribution >= 4 is 23.2 Å². The zero-order valence-electron chi connectivity index (χ0n) is 21.7. The Hall–Kier alpha value is -3.55. The van der Waals surface area contributed by atoms with Crippen molar-refractivity contribution in [2.24, 2.45) is 5.92 Å². The zero-order chi connectivity index (χ0) is 29.4. The van der Waals surface area contributed by atoms with Crippen LogP contribution in [0.25, 0.3) is 10.7 Å². The van der Waals surface area contributed by atoms with Crippen molar-refractivity contribution in [3.05, 3.63) is 64.1 Å². The molecular weight excluding hydrogens is 560 g/mol. The average molecular weight is 586 g/mol. The second kappa shape index (κ2) is 11.1. The molecule has 3 aromatic rings. The van der Waals surface area contributed by atoms with Gasteiger partial charge in [0.2, 0.25) is 0 Å². The van der Waals surface area contributed by atoms with Crippen LogP contribution in [-0.4, -0.2) is 56.7 Å². The van der Waals surface area contributed by atoms with E-state index >= 15 is 0 Å². The van der Waals surface area contributed by atoms with Gasteiger partial charge in [0, 0.05) is 38.1 Å². The third-order valence-electron chi connectivity index (χ3n) is 6.58. The first-order chi connectivity index (χ1) is 18.7. The molecule has 1 aliphatic rings. The summed E-state index contributed by atoms with van der Waals surface area (Å²) in [5.74, 6) is -1.19. The highest BCUT2D eigenvalue weighted by atomic mass is 32.1. The van der Waals surface area contributed by atoms with Crippen molar-refractivity contribution in [2.75, 3.05) is 20.1 Å². The van der Waals surface area contributed by atoms with Gasteiger partial charge in [0.15, 0.2) is 0 Å². The Morgan fingerprint density at radius 3 is 2.12 bits per heavy atom. The van der Waals surface area contributed by atoms with Crippen LogP contribution in [0.3, 0.4) is 0 Å². The van der Waals surface area contributed by atoms with Gasteiger partial charge in [-0.3, -0.25) is 19.6 Å². The van der Waals surface area contributed by atoms with E-state index in [2.05, 4.69) is 15.0 Å². The quantitative estimate of drug-likeness (QED) is 0.288. The first kappa shape index (κ1) is 29.4. The summed E-state index contributed by atoms with van der Waals surface area (Å²) in [6.45, 7) is 3.98. The molecule has 1 unspecified atom stereocenters. The Kier molecular flexibility index (Phi) is 8.20. The topological polar surface area (TPSA) is 79.3 Å². The summed E-state index contributed by atoms with van der Waals surface area (Å²) in [7, 11) is 1.64. The molecule has 1 aliphatic carbocycles. The summed E-state index contributed by atoms with van der Waals surface area (Å²) < 4.78 is 80.8. The molecule has 214 valence electrons. The van der Waals surface area contributed by atoms with Crippen LogP contribution in [0, 0.1) is 5.92 Å². The number of thiazole rings is 1. The molecule has 0 saturated heterocycles. The lowest BCUT2D eigenvalue weighted by Crippen LogP contribution is -2.36. The van der Waals surface area contributed by atoms with Gasteiger partial charge in [0.05, 0.1) is 29.1 Å². The van der Waals surface area contributed by atoms with Crippen molar-refractivity contribution < 1.29 is 35.9 Å². The minimum atomic E-state index is -5.09. The fourth-order valence-electron chi connectivity index (χ4n) is 4.02. The maximum Gasteiger partial charge on any atom is 0.416 e. The molecular formula is C26H25F6N5O2S. The highest BCUT2D eigenvalue weighted by molar-refractivity contribution is 7.16. The molecule has 0 radical (unpaired) electrons. The summed E-state index contributed by atoms with van der Waals surface area (Å²) in [6, 6.07) is -0.0269. The van der Waals surface area contributed by atoms with E-state index in [1.807, 2.05) is 6.92 Å². The zero-order valence-corrected chi connectivity index (χ0v) is 22.5. The SMILES string of the molecule is CCN(C)C(=O)c1cnc(-c2nccnc2C(C)N(CC2CC2)C(=O)c2cc(C(F)(F)F)cc(C(F)(F)F)c2)s1. The van der Waals surface area contributed by atoms with E-state index in [9.17, 15) is 35.9 Å². The molecule has 14 heteroatoms. The molecule has 1 aromatic carbocycles. The first-order valence-corrected chi connectivity index (χ1v) is 13.1. The number of hydrogen-bond acceptors (Lipinski definition) is 6. The average Bonchev–Trinajstić information content (AvgIpc) is 3.61. The van der Waals surface area contributed by atoms with Crippen LogP contribution >= 0.6 is 11.3 Å². The fraction of sp³-hybridized carbons (Fsp3) is 0.423. The third-order valence-corrected chi connectivity index (χ3v) is 7.57. The van der Waals surface area contributed by atoms with Gasteiger partial charge in [-0.25, -0.2) is 4.98 Å². The lowest BCUT2D eigenvalue weighted by Gasteiger charge is -2.30. The van der Waals surface area contributed by atoms with Crippen LogP contribution in [0.5, 0.6) is 0 Å². The molecule has 2 amide bonds. The van der Waals surface area contributed by atoms with E-state index in [4.69, 9.17) is 0 Å². The van der Waals surface area contributed by atoms with E-state index in [0.29, 0.717) is 28.6 Å². The number of carbonyl (C=O) groups is 2. The lowest BCUT2D eigenvalue weighted by molar-refractivity contribution is -0.143. The predicted octanol–water partition coefficient (Wildman–Crippen LogP) is 6.34. The van der Waals surface area contributed by atoms with Gasteiger partial charge in [0.25, 0.3) is 11.8 Å². The van der Waals surface area contributed by atoms with Crippen molar-refractivity contribution in [1.29, 1.82) is 0 Å². The first-order valence-electron chi connectivity index (χ1n) is 12.3. The number of carbonyl (C=O) groups excluding carboxylic acids is 2. The summed E-state index contributed by atoms with van der Waals surface area (Å²) in [6.07, 6.45) is -4.49. The second-order valence-corrected chi connectivity index (χ2v) is 10.5. The molecule has 7 nitrogen and oxygen atoms in total. The number of halogens is 6. The number of alkyl halides is 6. The number of hydrogen-bond donors (Lipinski definition) is 0. The molecule has 4 rings (SSSR count). The van der Waals surface area contributed by atoms with Crippen LogP contribution in [0.15, 0.2) is 36.8 Å². The Labute approximate surface area is 229 Å². The van der Waals surface area contributed by atoms with Gasteiger partial charge in [-0.05, 0) is 50.8 Å².